The van der Waals surface area contributed by atoms with Gasteiger partial charge < -0.3 is 10.1 Å². The lowest BCUT2D eigenvalue weighted by molar-refractivity contribution is -0.112. The minimum atomic E-state index is 0.313. The first kappa shape index (κ1) is 12.0. The fourth-order valence-electron chi connectivity index (χ4n) is 3.35. The topological polar surface area (TPSA) is 21.3 Å². The third-order valence-corrected chi connectivity index (χ3v) is 4.21. The Morgan fingerprint density at radius 1 is 1.44 bits per heavy atom. The van der Waals surface area contributed by atoms with Crippen LogP contribution in [0.4, 0.5) is 0 Å². The maximum absolute atomic E-state index is 5.78. The molecule has 2 fully saturated rings. The molecule has 2 aliphatic rings. The molecule has 3 unspecified atom stereocenters. The van der Waals surface area contributed by atoms with E-state index in [1.165, 1.54) is 12.8 Å². The standard InChI is InChI=1S/C14H23NO/c1-4-5-6-7-9-15-12-11-8-10-16-13(11)14(12,2)3/h1,11-13,15H,5-10H2,2-3H3. The number of hydrogen-bond acceptors (Lipinski definition) is 2. The van der Waals surface area contributed by atoms with Crippen molar-refractivity contribution in [2.45, 2.75) is 51.7 Å². The summed E-state index contributed by atoms with van der Waals surface area (Å²) in [6.45, 7) is 6.68. The number of ether oxygens (including phenoxy) is 1. The van der Waals surface area contributed by atoms with Crippen molar-refractivity contribution in [3.05, 3.63) is 0 Å². The Morgan fingerprint density at radius 3 is 3.00 bits per heavy atom. The van der Waals surface area contributed by atoms with Gasteiger partial charge in [0.1, 0.15) is 0 Å². The van der Waals surface area contributed by atoms with Crippen LogP contribution < -0.4 is 5.32 Å². The highest BCUT2D eigenvalue weighted by molar-refractivity contribution is 5.11. The molecular weight excluding hydrogens is 198 g/mol. The highest BCUT2D eigenvalue weighted by Crippen LogP contribution is 2.51. The van der Waals surface area contributed by atoms with Crippen molar-refractivity contribution < 1.29 is 4.74 Å². The van der Waals surface area contributed by atoms with Gasteiger partial charge in [0.15, 0.2) is 0 Å². The maximum atomic E-state index is 5.78. The summed E-state index contributed by atoms with van der Waals surface area (Å²) in [7, 11) is 0. The molecule has 1 saturated heterocycles. The van der Waals surface area contributed by atoms with Gasteiger partial charge in [-0.1, -0.05) is 13.8 Å². The smallest absolute Gasteiger partial charge is 0.0685 e. The van der Waals surface area contributed by atoms with Gasteiger partial charge in [-0.05, 0) is 25.8 Å². The largest absolute Gasteiger partial charge is 0.377 e. The molecule has 0 aromatic heterocycles. The molecule has 0 spiro atoms. The van der Waals surface area contributed by atoms with Crippen molar-refractivity contribution in [2.75, 3.05) is 13.2 Å². The fraction of sp³-hybridized carbons (Fsp3) is 0.857. The van der Waals surface area contributed by atoms with Crippen molar-refractivity contribution in [2.24, 2.45) is 11.3 Å². The van der Waals surface area contributed by atoms with Gasteiger partial charge in [0, 0.05) is 30.4 Å². The number of terminal acetylenes is 1. The molecule has 1 aliphatic heterocycles. The van der Waals surface area contributed by atoms with Crippen LogP contribution in [0.1, 0.15) is 39.5 Å². The van der Waals surface area contributed by atoms with Crippen molar-refractivity contribution in [1.29, 1.82) is 0 Å². The second-order valence-corrected chi connectivity index (χ2v) is 5.66. The van der Waals surface area contributed by atoms with E-state index in [4.69, 9.17) is 11.2 Å². The summed E-state index contributed by atoms with van der Waals surface area (Å²) >= 11 is 0. The predicted octanol–water partition coefficient (Wildman–Crippen LogP) is 2.19. The first-order valence-electron chi connectivity index (χ1n) is 6.46. The Balaban J connectivity index is 1.72. The summed E-state index contributed by atoms with van der Waals surface area (Å²) < 4.78 is 5.78. The van der Waals surface area contributed by atoms with Gasteiger partial charge in [-0.25, -0.2) is 0 Å². The molecule has 1 heterocycles. The monoisotopic (exact) mass is 221 g/mol. The van der Waals surface area contributed by atoms with Gasteiger partial charge >= 0.3 is 0 Å². The van der Waals surface area contributed by atoms with Crippen LogP contribution in [-0.4, -0.2) is 25.3 Å². The van der Waals surface area contributed by atoms with Crippen LogP contribution in [0.5, 0.6) is 0 Å². The Morgan fingerprint density at radius 2 is 2.25 bits per heavy atom. The summed E-state index contributed by atoms with van der Waals surface area (Å²) in [5.74, 6) is 3.44. The number of hydrogen-bond donors (Lipinski definition) is 1. The zero-order valence-corrected chi connectivity index (χ0v) is 10.5. The van der Waals surface area contributed by atoms with Gasteiger partial charge in [-0.15, -0.1) is 12.3 Å². The number of rotatable bonds is 5. The SMILES string of the molecule is C#CCCCCNC1C2CCOC2C1(C)C. The minimum Gasteiger partial charge on any atom is -0.377 e. The molecule has 0 aromatic rings. The number of unbranched alkanes of at least 4 members (excludes halogenated alkanes) is 2. The van der Waals surface area contributed by atoms with Gasteiger partial charge in [0.25, 0.3) is 0 Å². The third-order valence-electron chi connectivity index (χ3n) is 4.21. The van der Waals surface area contributed by atoms with E-state index in [1.807, 2.05) is 0 Å². The van der Waals surface area contributed by atoms with Crippen LogP contribution in [-0.2, 0) is 4.74 Å². The van der Waals surface area contributed by atoms with E-state index in [9.17, 15) is 0 Å². The lowest BCUT2D eigenvalue weighted by Gasteiger charge is -2.55. The molecule has 0 radical (unpaired) electrons. The average Bonchev–Trinajstić information content (AvgIpc) is 2.69. The molecule has 0 bridgehead atoms. The zero-order chi connectivity index (χ0) is 11.6. The highest BCUT2D eigenvalue weighted by atomic mass is 16.5. The van der Waals surface area contributed by atoms with E-state index in [0.29, 0.717) is 17.6 Å². The molecule has 0 aromatic carbocycles. The Labute approximate surface area is 99.1 Å². The van der Waals surface area contributed by atoms with Crippen LogP contribution in [0.3, 0.4) is 0 Å². The van der Waals surface area contributed by atoms with E-state index >= 15 is 0 Å². The lowest BCUT2D eigenvalue weighted by Crippen LogP contribution is -2.65. The first-order valence-corrected chi connectivity index (χ1v) is 6.46. The molecule has 16 heavy (non-hydrogen) atoms. The predicted molar refractivity (Wildman–Crippen MR) is 66.1 cm³/mol. The lowest BCUT2D eigenvalue weighted by atomic mass is 9.57. The third kappa shape index (κ3) is 1.99. The summed E-state index contributed by atoms with van der Waals surface area (Å²) in [6, 6.07) is 0.644. The van der Waals surface area contributed by atoms with Crippen LogP contribution in [0.2, 0.25) is 0 Å². The van der Waals surface area contributed by atoms with E-state index in [0.717, 1.165) is 31.9 Å². The summed E-state index contributed by atoms with van der Waals surface area (Å²) in [5.41, 5.74) is 0.313. The molecule has 1 aliphatic carbocycles. The molecule has 2 nitrogen and oxygen atoms in total. The van der Waals surface area contributed by atoms with E-state index in [-0.39, 0.29) is 0 Å². The molecule has 90 valence electrons. The van der Waals surface area contributed by atoms with Crippen molar-refractivity contribution in [1.82, 2.24) is 5.32 Å². The normalized spacial score (nSPS) is 35.2. The van der Waals surface area contributed by atoms with E-state index in [1.54, 1.807) is 0 Å². The summed E-state index contributed by atoms with van der Waals surface area (Å²) in [5, 5.41) is 3.69. The summed E-state index contributed by atoms with van der Waals surface area (Å²) in [4.78, 5) is 0. The number of fused-ring (bicyclic) bond motifs is 1. The maximum Gasteiger partial charge on any atom is 0.0685 e. The molecule has 2 rings (SSSR count). The Kier molecular flexibility index (Phi) is 3.56. The molecule has 0 amide bonds. The highest BCUT2D eigenvalue weighted by Gasteiger charge is 2.58. The quantitative estimate of drug-likeness (QED) is 0.567. The second kappa shape index (κ2) is 4.77. The van der Waals surface area contributed by atoms with Gasteiger partial charge in [-0.3, -0.25) is 0 Å². The molecule has 1 N–H and O–H groups in total. The Bertz CT molecular complexity index is 279. The van der Waals surface area contributed by atoms with Crippen LogP contribution in [0.25, 0.3) is 0 Å². The first-order chi connectivity index (χ1) is 7.68. The van der Waals surface area contributed by atoms with Crippen molar-refractivity contribution >= 4 is 0 Å². The molecule has 2 heteroatoms. The number of nitrogens with one attached hydrogen (secondary N) is 1. The molecular formula is C14H23NO. The second-order valence-electron chi connectivity index (χ2n) is 5.66. The van der Waals surface area contributed by atoms with Crippen molar-refractivity contribution in [3.63, 3.8) is 0 Å². The molecule has 1 saturated carbocycles. The average molecular weight is 221 g/mol. The fourth-order valence-corrected chi connectivity index (χ4v) is 3.35. The minimum absolute atomic E-state index is 0.313. The van der Waals surface area contributed by atoms with Gasteiger partial charge in [-0.2, -0.15) is 0 Å². The van der Waals surface area contributed by atoms with E-state index in [2.05, 4.69) is 25.1 Å². The van der Waals surface area contributed by atoms with Gasteiger partial charge in [0.05, 0.1) is 6.10 Å². The molecule has 3 atom stereocenters. The zero-order valence-electron chi connectivity index (χ0n) is 10.5. The summed E-state index contributed by atoms with van der Waals surface area (Å²) in [6.07, 6.45) is 10.2. The Hall–Kier alpha value is -0.520. The van der Waals surface area contributed by atoms with Crippen LogP contribution in [0, 0.1) is 23.7 Å². The van der Waals surface area contributed by atoms with E-state index < -0.39 is 0 Å². The van der Waals surface area contributed by atoms with Crippen LogP contribution in [0.15, 0.2) is 0 Å². The van der Waals surface area contributed by atoms with Crippen LogP contribution >= 0.6 is 0 Å². The van der Waals surface area contributed by atoms with Crippen molar-refractivity contribution in [3.8, 4) is 12.3 Å². The van der Waals surface area contributed by atoms with Gasteiger partial charge in [0.2, 0.25) is 0 Å².